The summed E-state index contributed by atoms with van der Waals surface area (Å²) < 4.78 is 34.8. The average molecular weight is 301 g/mol. The molecule has 0 bridgehead atoms. The maximum Gasteiger partial charge on any atom is 0.325 e. The highest BCUT2D eigenvalue weighted by atomic mass is 19.2. The topological polar surface area (TPSA) is 72.9 Å². The van der Waals surface area contributed by atoms with Gasteiger partial charge in [0.05, 0.1) is 14.2 Å². The van der Waals surface area contributed by atoms with Crippen molar-refractivity contribution in [1.82, 2.24) is 4.90 Å². The van der Waals surface area contributed by atoms with Crippen LogP contribution in [0, 0.1) is 11.6 Å². The first-order chi connectivity index (χ1) is 9.88. The van der Waals surface area contributed by atoms with Crippen LogP contribution in [0.5, 0.6) is 0 Å². The van der Waals surface area contributed by atoms with Gasteiger partial charge in [-0.1, -0.05) is 0 Å². The number of hydrogen-bond acceptors (Lipinski definition) is 5. The molecule has 1 aromatic rings. The van der Waals surface area contributed by atoms with E-state index in [1.165, 1.54) is 0 Å². The summed E-state index contributed by atoms with van der Waals surface area (Å²) >= 11 is 0. The first-order valence-corrected chi connectivity index (χ1v) is 5.77. The van der Waals surface area contributed by atoms with Crippen molar-refractivity contribution >= 4 is 17.8 Å². The lowest BCUT2D eigenvalue weighted by Crippen LogP contribution is -2.40. The van der Waals surface area contributed by atoms with Crippen molar-refractivity contribution in [3.63, 3.8) is 0 Å². The molecule has 0 aliphatic heterocycles. The summed E-state index contributed by atoms with van der Waals surface area (Å²) in [6.45, 7) is -1.05. The Morgan fingerprint density at radius 2 is 1.52 bits per heavy atom. The number of esters is 2. The summed E-state index contributed by atoms with van der Waals surface area (Å²) in [6.07, 6.45) is 0. The van der Waals surface area contributed by atoms with E-state index >= 15 is 0 Å². The van der Waals surface area contributed by atoms with Gasteiger partial charge in [0.1, 0.15) is 13.1 Å². The largest absolute Gasteiger partial charge is 0.468 e. The molecule has 6 nitrogen and oxygen atoms in total. The van der Waals surface area contributed by atoms with E-state index in [0.717, 1.165) is 31.3 Å². The summed E-state index contributed by atoms with van der Waals surface area (Å²) in [5.41, 5.74) is -0.207. The van der Waals surface area contributed by atoms with Gasteiger partial charge < -0.3 is 14.4 Å². The normalized spacial score (nSPS) is 9.90. The molecule has 114 valence electrons. The Morgan fingerprint density at radius 3 is 1.95 bits per heavy atom. The van der Waals surface area contributed by atoms with Crippen LogP contribution >= 0.6 is 0 Å². The number of carbonyl (C=O) groups excluding carboxylic acids is 3. The van der Waals surface area contributed by atoms with E-state index in [9.17, 15) is 23.2 Å². The zero-order chi connectivity index (χ0) is 16.0. The number of hydrogen-bond donors (Lipinski definition) is 0. The number of ether oxygens (including phenoxy) is 2. The summed E-state index contributed by atoms with van der Waals surface area (Å²) in [4.78, 5) is 35.4. The molecule has 0 aromatic heterocycles. The van der Waals surface area contributed by atoms with Crippen LogP contribution in [0.3, 0.4) is 0 Å². The monoisotopic (exact) mass is 301 g/mol. The van der Waals surface area contributed by atoms with Crippen molar-refractivity contribution in [2.24, 2.45) is 0 Å². The number of benzene rings is 1. The lowest BCUT2D eigenvalue weighted by atomic mass is 10.2. The second-order valence-corrected chi connectivity index (χ2v) is 3.94. The van der Waals surface area contributed by atoms with Crippen molar-refractivity contribution < 1.29 is 32.6 Å². The van der Waals surface area contributed by atoms with Gasteiger partial charge in [0.15, 0.2) is 11.6 Å². The minimum atomic E-state index is -1.21. The second kappa shape index (κ2) is 7.32. The summed E-state index contributed by atoms with van der Waals surface area (Å²) in [7, 11) is 2.22. The fraction of sp³-hybridized carbons (Fsp3) is 0.308. The van der Waals surface area contributed by atoms with Gasteiger partial charge in [-0.05, 0) is 18.2 Å². The number of amides is 1. The van der Waals surface area contributed by atoms with Crippen molar-refractivity contribution in [2.75, 3.05) is 27.3 Å². The smallest absolute Gasteiger partial charge is 0.325 e. The average Bonchev–Trinajstić information content (AvgIpc) is 2.48. The maximum atomic E-state index is 13.1. The highest BCUT2D eigenvalue weighted by Gasteiger charge is 2.23. The first kappa shape index (κ1) is 16.5. The van der Waals surface area contributed by atoms with Crippen LogP contribution in [0.4, 0.5) is 8.78 Å². The van der Waals surface area contributed by atoms with Gasteiger partial charge in [-0.2, -0.15) is 0 Å². The fourth-order valence-electron chi connectivity index (χ4n) is 1.45. The van der Waals surface area contributed by atoms with Crippen molar-refractivity contribution in [2.45, 2.75) is 0 Å². The Labute approximate surface area is 119 Å². The van der Waals surface area contributed by atoms with Crippen molar-refractivity contribution in [3.8, 4) is 0 Å². The molecule has 0 atom stereocenters. The van der Waals surface area contributed by atoms with Crippen molar-refractivity contribution in [1.29, 1.82) is 0 Å². The van der Waals surface area contributed by atoms with Gasteiger partial charge in [0.2, 0.25) is 0 Å². The molecule has 0 N–H and O–H groups in total. The zero-order valence-corrected chi connectivity index (χ0v) is 11.4. The van der Waals surface area contributed by atoms with Crippen LogP contribution < -0.4 is 0 Å². The molecule has 1 aromatic carbocycles. The molecule has 0 aliphatic rings. The Hall–Kier alpha value is -2.51. The van der Waals surface area contributed by atoms with Crippen molar-refractivity contribution in [3.05, 3.63) is 35.4 Å². The molecule has 0 saturated heterocycles. The number of rotatable bonds is 5. The third-order valence-electron chi connectivity index (χ3n) is 2.55. The molecule has 8 heteroatoms. The molecular weight excluding hydrogens is 288 g/mol. The van der Waals surface area contributed by atoms with E-state index in [1.54, 1.807) is 0 Å². The number of nitrogens with zero attached hydrogens (tertiary/aromatic N) is 1. The van der Waals surface area contributed by atoms with Crippen LogP contribution in [0.25, 0.3) is 0 Å². The predicted octanol–water partition coefficient (Wildman–Crippen LogP) is 0.753. The molecule has 21 heavy (non-hydrogen) atoms. The van der Waals surface area contributed by atoms with Gasteiger partial charge in [-0.15, -0.1) is 0 Å². The zero-order valence-electron chi connectivity index (χ0n) is 11.4. The molecular formula is C13H13F2NO5. The molecule has 0 fully saturated rings. The Morgan fingerprint density at radius 1 is 1.00 bits per heavy atom. The first-order valence-electron chi connectivity index (χ1n) is 5.77. The number of methoxy groups -OCH3 is 2. The molecule has 1 rings (SSSR count). The molecule has 0 radical (unpaired) electrons. The van der Waals surface area contributed by atoms with E-state index in [0.29, 0.717) is 6.07 Å². The van der Waals surface area contributed by atoms with Gasteiger partial charge in [-0.25, -0.2) is 8.78 Å². The molecule has 0 spiro atoms. The molecule has 0 heterocycles. The number of carbonyl (C=O) groups is 3. The van der Waals surface area contributed by atoms with Crippen LogP contribution in [-0.2, 0) is 19.1 Å². The van der Waals surface area contributed by atoms with Crippen LogP contribution in [0.1, 0.15) is 10.4 Å². The SMILES string of the molecule is COC(=O)CN(CC(=O)OC)C(=O)c1ccc(F)c(F)c1. The highest BCUT2D eigenvalue weighted by Crippen LogP contribution is 2.11. The van der Waals surface area contributed by atoms with Crippen LogP contribution in [0.2, 0.25) is 0 Å². The molecule has 0 saturated carbocycles. The summed E-state index contributed by atoms with van der Waals surface area (Å²) in [5, 5.41) is 0. The third kappa shape index (κ3) is 4.51. The Balaban J connectivity index is 2.99. The van der Waals surface area contributed by atoms with Crippen LogP contribution in [-0.4, -0.2) is 50.1 Å². The summed E-state index contributed by atoms with van der Waals surface area (Å²) in [6, 6.07) is 2.50. The Kier molecular flexibility index (Phi) is 5.77. The van der Waals surface area contributed by atoms with Gasteiger partial charge >= 0.3 is 11.9 Å². The highest BCUT2D eigenvalue weighted by molar-refractivity contribution is 5.97. The summed E-state index contributed by atoms with van der Waals surface area (Å²) in [5.74, 6) is -4.69. The standard InChI is InChI=1S/C13H13F2NO5/c1-20-11(17)6-16(7-12(18)21-2)13(19)8-3-4-9(14)10(15)5-8/h3-5H,6-7H2,1-2H3. The lowest BCUT2D eigenvalue weighted by Gasteiger charge is -2.20. The molecule has 1 amide bonds. The lowest BCUT2D eigenvalue weighted by molar-refractivity contribution is -0.144. The predicted molar refractivity (Wildman–Crippen MR) is 66.3 cm³/mol. The fourth-order valence-corrected chi connectivity index (χ4v) is 1.45. The van der Waals surface area contributed by atoms with E-state index in [-0.39, 0.29) is 5.56 Å². The number of halogens is 2. The van der Waals surface area contributed by atoms with Gasteiger partial charge in [0.25, 0.3) is 5.91 Å². The second-order valence-electron chi connectivity index (χ2n) is 3.94. The molecule has 0 aliphatic carbocycles. The van der Waals surface area contributed by atoms with E-state index in [4.69, 9.17) is 0 Å². The van der Waals surface area contributed by atoms with Gasteiger partial charge in [-0.3, -0.25) is 14.4 Å². The third-order valence-corrected chi connectivity index (χ3v) is 2.55. The minimum absolute atomic E-state index is 0.207. The molecule has 0 unspecified atom stereocenters. The quantitative estimate of drug-likeness (QED) is 0.751. The van der Waals surface area contributed by atoms with E-state index in [1.807, 2.05) is 0 Å². The minimum Gasteiger partial charge on any atom is -0.468 e. The maximum absolute atomic E-state index is 13.1. The Bertz CT molecular complexity index is 543. The van der Waals surface area contributed by atoms with E-state index in [2.05, 4.69) is 9.47 Å². The van der Waals surface area contributed by atoms with E-state index < -0.39 is 42.6 Å². The van der Waals surface area contributed by atoms with Gasteiger partial charge in [0, 0.05) is 5.56 Å². The van der Waals surface area contributed by atoms with Crippen LogP contribution in [0.15, 0.2) is 18.2 Å².